The average Bonchev–Trinajstić information content (AvgIpc) is 2.33. The molecule has 0 heterocycles. The van der Waals surface area contributed by atoms with Gasteiger partial charge in [-0.15, -0.1) is 0 Å². The van der Waals surface area contributed by atoms with Crippen LogP contribution in [-0.4, -0.2) is 0 Å². The maximum Gasteiger partial charge on any atom is 0.0554 e. The minimum absolute atomic E-state index is 0.0426. The first kappa shape index (κ1) is 13.6. The number of hydrogen-bond donors (Lipinski definition) is 1. The molecule has 0 bridgehead atoms. The van der Waals surface area contributed by atoms with E-state index in [4.69, 9.17) is 5.73 Å². The van der Waals surface area contributed by atoms with Crippen LogP contribution in [0.15, 0.2) is 36.4 Å². The third-order valence-electron chi connectivity index (χ3n) is 3.43. The minimum atomic E-state index is -0.0426. The molecule has 0 aromatic heterocycles. The van der Waals surface area contributed by atoms with Gasteiger partial charge < -0.3 is 5.73 Å². The maximum absolute atomic E-state index is 6.40. The highest BCUT2D eigenvalue weighted by molar-refractivity contribution is 14.1. The lowest BCUT2D eigenvalue weighted by atomic mass is 9.92. The second-order valence-corrected chi connectivity index (χ2v) is 6.07. The molecule has 2 heteroatoms. The zero-order valence-corrected chi connectivity index (χ0v) is 13.2. The molecule has 0 aliphatic rings. The van der Waals surface area contributed by atoms with Crippen LogP contribution in [0.3, 0.4) is 0 Å². The Kier molecular flexibility index (Phi) is 4.07. The molecule has 94 valence electrons. The average molecular weight is 351 g/mol. The minimum Gasteiger partial charge on any atom is -0.320 e. The van der Waals surface area contributed by atoms with Crippen LogP contribution in [0.2, 0.25) is 0 Å². The zero-order valence-electron chi connectivity index (χ0n) is 11.0. The van der Waals surface area contributed by atoms with Crippen LogP contribution in [-0.2, 0) is 0 Å². The van der Waals surface area contributed by atoms with E-state index in [-0.39, 0.29) is 6.04 Å². The van der Waals surface area contributed by atoms with Crippen molar-refractivity contribution in [2.75, 3.05) is 0 Å². The van der Waals surface area contributed by atoms with E-state index in [1.54, 1.807) is 0 Å². The number of rotatable bonds is 2. The summed E-state index contributed by atoms with van der Waals surface area (Å²) in [6, 6.07) is 12.8. The van der Waals surface area contributed by atoms with Crippen LogP contribution >= 0.6 is 22.6 Å². The summed E-state index contributed by atoms with van der Waals surface area (Å²) in [5, 5.41) is 0. The number of benzene rings is 2. The summed E-state index contributed by atoms with van der Waals surface area (Å²) in [7, 11) is 0. The first-order valence-corrected chi connectivity index (χ1v) is 7.15. The van der Waals surface area contributed by atoms with E-state index >= 15 is 0 Å². The van der Waals surface area contributed by atoms with Crippen LogP contribution < -0.4 is 5.73 Å². The largest absolute Gasteiger partial charge is 0.320 e. The molecule has 0 radical (unpaired) electrons. The molecule has 18 heavy (non-hydrogen) atoms. The predicted molar refractivity (Wildman–Crippen MR) is 85.8 cm³/mol. The van der Waals surface area contributed by atoms with E-state index in [9.17, 15) is 0 Å². The fourth-order valence-electron chi connectivity index (χ4n) is 2.20. The Morgan fingerprint density at radius 2 is 1.61 bits per heavy atom. The van der Waals surface area contributed by atoms with E-state index in [0.717, 1.165) is 0 Å². The van der Waals surface area contributed by atoms with E-state index < -0.39 is 0 Å². The van der Waals surface area contributed by atoms with Gasteiger partial charge in [-0.3, -0.25) is 0 Å². The number of halogens is 1. The van der Waals surface area contributed by atoms with Crippen molar-refractivity contribution in [2.45, 2.75) is 26.8 Å². The van der Waals surface area contributed by atoms with Crippen molar-refractivity contribution >= 4 is 22.6 Å². The highest BCUT2D eigenvalue weighted by Gasteiger charge is 2.12. The molecule has 2 aromatic rings. The molecule has 0 saturated heterocycles. The molecule has 1 nitrogen and oxygen atoms in total. The second-order valence-electron chi connectivity index (χ2n) is 4.83. The zero-order chi connectivity index (χ0) is 13.3. The van der Waals surface area contributed by atoms with E-state index in [1.165, 1.54) is 31.4 Å². The van der Waals surface area contributed by atoms with Gasteiger partial charge in [0.25, 0.3) is 0 Å². The monoisotopic (exact) mass is 351 g/mol. The van der Waals surface area contributed by atoms with E-state index in [2.05, 4.69) is 79.8 Å². The lowest BCUT2D eigenvalue weighted by Gasteiger charge is -2.17. The molecule has 1 unspecified atom stereocenters. The van der Waals surface area contributed by atoms with Crippen molar-refractivity contribution in [1.82, 2.24) is 0 Å². The molecular weight excluding hydrogens is 333 g/mol. The summed E-state index contributed by atoms with van der Waals surface area (Å²) in [4.78, 5) is 0. The molecule has 2 aromatic carbocycles. The van der Waals surface area contributed by atoms with Gasteiger partial charge in [0.1, 0.15) is 0 Å². The first-order chi connectivity index (χ1) is 8.49. The van der Waals surface area contributed by atoms with Gasteiger partial charge in [0.2, 0.25) is 0 Å². The molecule has 0 aliphatic carbocycles. The van der Waals surface area contributed by atoms with Crippen molar-refractivity contribution in [3.05, 3.63) is 67.8 Å². The number of nitrogens with two attached hydrogens (primary N) is 1. The van der Waals surface area contributed by atoms with Crippen molar-refractivity contribution < 1.29 is 0 Å². The summed E-state index contributed by atoms with van der Waals surface area (Å²) in [6.45, 7) is 6.42. The molecule has 1 atom stereocenters. The number of hydrogen-bond acceptors (Lipinski definition) is 1. The van der Waals surface area contributed by atoms with Crippen molar-refractivity contribution in [2.24, 2.45) is 5.73 Å². The molecule has 0 spiro atoms. The van der Waals surface area contributed by atoms with E-state index in [0.29, 0.717) is 0 Å². The third-order valence-corrected chi connectivity index (χ3v) is 4.10. The third kappa shape index (κ3) is 2.75. The Hall–Kier alpha value is -0.870. The quantitative estimate of drug-likeness (QED) is 0.804. The molecule has 0 saturated carbocycles. The highest BCUT2D eigenvalue weighted by Crippen LogP contribution is 2.26. The smallest absolute Gasteiger partial charge is 0.0554 e. The van der Waals surface area contributed by atoms with Gasteiger partial charge in [-0.05, 0) is 83.3 Å². The Morgan fingerprint density at radius 1 is 0.944 bits per heavy atom. The van der Waals surface area contributed by atoms with Gasteiger partial charge in [0.05, 0.1) is 6.04 Å². The lowest BCUT2D eigenvalue weighted by Crippen LogP contribution is -2.14. The molecule has 0 aliphatic heterocycles. The Balaban J connectivity index is 2.46. The summed E-state index contributed by atoms with van der Waals surface area (Å²) >= 11 is 2.32. The normalized spacial score (nSPS) is 12.5. The standard InChI is InChI=1S/C16H18IN/c1-10-7-12(3)15(8-11(10)2)16(18)13-5-4-6-14(17)9-13/h4-9,16H,18H2,1-3H3. The van der Waals surface area contributed by atoms with Gasteiger partial charge in [-0.1, -0.05) is 24.3 Å². The van der Waals surface area contributed by atoms with Crippen LogP contribution in [0.1, 0.15) is 33.9 Å². The fraction of sp³-hybridized carbons (Fsp3) is 0.250. The summed E-state index contributed by atoms with van der Waals surface area (Å²) in [5.41, 5.74) is 12.7. The van der Waals surface area contributed by atoms with Crippen LogP contribution in [0.25, 0.3) is 0 Å². The van der Waals surface area contributed by atoms with Gasteiger partial charge in [-0.25, -0.2) is 0 Å². The van der Waals surface area contributed by atoms with Crippen LogP contribution in [0.5, 0.6) is 0 Å². The fourth-order valence-corrected chi connectivity index (χ4v) is 2.76. The molecule has 0 fully saturated rings. The molecule has 0 amide bonds. The molecule has 2 N–H and O–H groups in total. The van der Waals surface area contributed by atoms with Gasteiger partial charge in [0.15, 0.2) is 0 Å². The molecule has 2 rings (SSSR count). The lowest BCUT2D eigenvalue weighted by molar-refractivity contribution is 0.857. The van der Waals surface area contributed by atoms with E-state index in [1.807, 2.05) is 0 Å². The Labute approximate surface area is 123 Å². The van der Waals surface area contributed by atoms with Gasteiger partial charge >= 0.3 is 0 Å². The summed E-state index contributed by atoms with van der Waals surface area (Å²) < 4.78 is 1.22. The topological polar surface area (TPSA) is 26.0 Å². The number of aryl methyl sites for hydroxylation is 3. The van der Waals surface area contributed by atoms with Crippen molar-refractivity contribution in [3.63, 3.8) is 0 Å². The second kappa shape index (κ2) is 5.41. The Morgan fingerprint density at radius 3 is 2.28 bits per heavy atom. The summed E-state index contributed by atoms with van der Waals surface area (Å²) in [6.07, 6.45) is 0. The Bertz CT molecular complexity index is 575. The summed E-state index contributed by atoms with van der Waals surface area (Å²) in [5.74, 6) is 0. The van der Waals surface area contributed by atoms with Gasteiger partial charge in [-0.2, -0.15) is 0 Å². The highest BCUT2D eigenvalue weighted by atomic mass is 127. The van der Waals surface area contributed by atoms with Crippen LogP contribution in [0, 0.1) is 24.3 Å². The van der Waals surface area contributed by atoms with Gasteiger partial charge in [0, 0.05) is 3.57 Å². The SMILES string of the molecule is Cc1cc(C)c(C(N)c2cccc(I)c2)cc1C. The maximum atomic E-state index is 6.40. The van der Waals surface area contributed by atoms with Crippen molar-refractivity contribution in [1.29, 1.82) is 0 Å². The van der Waals surface area contributed by atoms with Crippen molar-refractivity contribution in [3.8, 4) is 0 Å². The predicted octanol–water partition coefficient (Wildman–Crippen LogP) is 4.26. The first-order valence-electron chi connectivity index (χ1n) is 6.08. The van der Waals surface area contributed by atoms with Crippen LogP contribution in [0.4, 0.5) is 0 Å². The molecular formula is C16H18IN.